The third kappa shape index (κ3) is 2.76. The largest absolute Gasteiger partial charge is 0.481 e. The number of rotatable bonds is 3. The molecule has 1 aromatic heterocycles. The van der Waals surface area contributed by atoms with Crippen molar-refractivity contribution in [2.24, 2.45) is 0 Å². The summed E-state index contributed by atoms with van der Waals surface area (Å²) in [6.45, 7) is 0.495. The molecule has 8 heteroatoms. The fourth-order valence-electron chi connectivity index (χ4n) is 1.89. The lowest BCUT2D eigenvalue weighted by atomic mass is 10.2. The number of H-pyrrole nitrogens is 2. The Bertz CT molecular complexity index is 509. The predicted molar refractivity (Wildman–Crippen MR) is 65.8 cm³/mol. The third-order valence-corrected chi connectivity index (χ3v) is 3.82. The molecule has 1 fully saturated rings. The van der Waals surface area contributed by atoms with Crippen LogP contribution in [0.3, 0.4) is 0 Å². The molecule has 0 saturated carbocycles. The van der Waals surface area contributed by atoms with Crippen molar-refractivity contribution in [2.75, 3.05) is 18.1 Å². The Hall–Kier alpha value is -1.70. The number of aromatic amines is 2. The summed E-state index contributed by atoms with van der Waals surface area (Å²) < 4.78 is 0. The van der Waals surface area contributed by atoms with Gasteiger partial charge in [0, 0.05) is 24.2 Å². The molecule has 1 aliphatic rings. The van der Waals surface area contributed by atoms with Gasteiger partial charge in [-0.2, -0.15) is 11.8 Å². The molecule has 1 atom stereocenters. The molecule has 2 heterocycles. The normalized spacial score (nSPS) is 19.8. The lowest BCUT2D eigenvalue weighted by molar-refractivity contribution is -0.138. The number of nitrogens with zero attached hydrogens (tertiary/aromatic N) is 1. The summed E-state index contributed by atoms with van der Waals surface area (Å²) in [6, 6.07) is -0.327. The van der Waals surface area contributed by atoms with Gasteiger partial charge in [-0.1, -0.05) is 0 Å². The Labute approximate surface area is 107 Å². The Kier molecular flexibility index (Phi) is 3.75. The predicted octanol–water partition coefficient (Wildman–Crippen LogP) is -0.265. The van der Waals surface area contributed by atoms with Crippen molar-refractivity contribution in [1.82, 2.24) is 14.9 Å². The van der Waals surface area contributed by atoms with E-state index < -0.39 is 11.7 Å². The van der Waals surface area contributed by atoms with Crippen LogP contribution in [-0.4, -0.2) is 55.9 Å². The number of carboxylic acid groups (broad SMARTS) is 1. The molecule has 3 N–H and O–H groups in total. The summed E-state index contributed by atoms with van der Waals surface area (Å²) in [6.07, 6.45) is 1.23. The zero-order valence-corrected chi connectivity index (χ0v) is 10.3. The number of hydrogen-bond donors (Lipinski definition) is 3. The van der Waals surface area contributed by atoms with Crippen LogP contribution in [0.5, 0.6) is 0 Å². The number of thioether (sulfide) groups is 1. The average molecular weight is 271 g/mol. The number of imidazole rings is 1. The van der Waals surface area contributed by atoms with Crippen molar-refractivity contribution in [3.05, 3.63) is 22.4 Å². The Morgan fingerprint density at radius 3 is 2.94 bits per heavy atom. The standard InChI is InChI=1S/C10H13N3O4S/c14-8(15)3-6-5-18-2-1-13(6)9(16)7-4-11-10(17)12-7/h4,6H,1-3,5H2,(H,14,15)(H2,11,12,17). The SMILES string of the molecule is O=C(O)CC1CSCCN1C(=O)c1c[nH]c(=O)[nH]1. The van der Waals surface area contributed by atoms with E-state index in [4.69, 9.17) is 5.11 Å². The van der Waals surface area contributed by atoms with Crippen LogP contribution >= 0.6 is 11.8 Å². The van der Waals surface area contributed by atoms with Gasteiger partial charge in [-0.15, -0.1) is 0 Å². The van der Waals surface area contributed by atoms with E-state index >= 15 is 0 Å². The first-order valence-electron chi connectivity index (χ1n) is 5.46. The number of aliphatic carboxylic acids is 1. The first-order valence-corrected chi connectivity index (χ1v) is 6.61. The van der Waals surface area contributed by atoms with Gasteiger partial charge in [0.2, 0.25) is 0 Å². The molecule has 0 bridgehead atoms. The minimum absolute atomic E-state index is 0.0760. The minimum Gasteiger partial charge on any atom is -0.481 e. The van der Waals surface area contributed by atoms with Gasteiger partial charge in [-0.05, 0) is 0 Å². The number of carbonyl (C=O) groups excluding carboxylic acids is 1. The molecular formula is C10H13N3O4S. The molecule has 1 aliphatic heterocycles. The van der Waals surface area contributed by atoms with Crippen LogP contribution in [0.25, 0.3) is 0 Å². The lowest BCUT2D eigenvalue weighted by Crippen LogP contribution is -2.47. The van der Waals surface area contributed by atoms with Gasteiger partial charge in [0.05, 0.1) is 12.5 Å². The molecule has 0 spiro atoms. The highest BCUT2D eigenvalue weighted by Crippen LogP contribution is 2.20. The third-order valence-electron chi connectivity index (χ3n) is 2.72. The summed E-state index contributed by atoms with van der Waals surface area (Å²) in [4.78, 5) is 40.1. The van der Waals surface area contributed by atoms with Gasteiger partial charge >= 0.3 is 11.7 Å². The highest BCUT2D eigenvalue weighted by atomic mass is 32.2. The van der Waals surface area contributed by atoms with Crippen LogP contribution in [0, 0.1) is 0 Å². The van der Waals surface area contributed by atoms with Crippen LogP contribution in [0.15, 0.2) is 11.0 Å². The van der Waals surface area contributed by atoms with Crippen LogP contribution in [0.2, 0.25) is 0 Å². The molecule has 98 valence electrons. The molecule has 0 radical (unpaired) electrons. The first kappa shape index (κ1) is 12.7. The molecule has 0 aromatic carbocycles. The molecule has 7 nitrogen and oxygen atoms in total. The summed E-state index contributed by atoms with van der Waals surface area (Å²) in [7, 11) is 0. The molecule has 2 rings (SSSR count). The van der Waals surface area contributed by atoms with E-state index in [2.05, 4.69) is 9.97 Å². The Balaban J connectivity index is 2.15. The summed E-state index contributed by atoms with van der Waals surface area (Å²) in [5.41, 5.74) is -0.276. The molecule has 0 aliphatic carbocycles. The number of aromatic nitrogens is 2. The number of nitrogens with one attached hydrogen (secondary N) is 2. The van der Waals surface area contributed by atoms with Crippen molar-refractivity contribution in [2.45, 2.75) is 12.5 Å². The van der Waals surface area contributed by atoms with Gasteiger partial charge in [0.15, 0.2) is 0 Å². The number of amides is 1. The van der Waals surface area contributed by atoms with Crippen molar-refractivity contribution in [3.63, 3.8) is 0 Å². The van der Waals surface area contributed by atoms with Gasteiger partial charge in [0.1, 0.15) is 5.69 Å². The van der Waals surface area contributed by atoms with Crippen LogP contribution < -0.4 is 5.69 Å². The minimum atomic E-state index is -0.928. The molecular weight excluding hydrogens is 258 g/mol. The van der Waals surface area contributed by atoms with Gasteiger partial charge < -0.3 is 20.0 Å². The van der Waals surface area contributed by atoms with E-state index in [0.29, 0.717) is 12.3 Å². The van der Waals surface area contributed by atoms with Crippen molar-refractivity contribution < 1.29 is 14.7 Å². The zero-order chi connectivity index (χ0) is 13.1. The average Bonchev–Trinajstić information content (AvgIpc) is 2.75. The number of carboxylic acids is 1. The highest BCUT2D eigenvalue weighted by molar-refractivity contribution is 7.99. The van der Waals surface area contributed by atoms with E-state index in [9.17, 15) is 14.4 Å². The second kappa shape index (κ2) is 5.30. The van der Waals surface area contributed by atoms with E-state index in [1.807, 2.05) is 0 Å². The first-order chi connectivity index (χ1) is 8.58. The fraction of sp³-hybridized carbons (Fsp3) is 0.500. The van der Waals surface area contributed by atoms with Crippen LogP contribution in [0.1, 0.15) is 16.9 Å². The van der Waals surface area contributed by atoms with Crippen LogP contribution in [0.4, 0.5) is 0 Å². The van der Waals surface area contributed by atoms with E-state index in [0.717, 1.165) is 5.75 Å². The topological polar surface area (TPSA) is 106 Å². The smallest absolute Gasteiger partial charge is 0.323 e. The van der Waals surface area contributed by atoms with E-state index in [1.165, 1.54) is 11.1 Å². The van der Waals surface area contributed by atoms with Gasteiger partial charge in [-0.3, -0.25) is 9.59 Å². The van der Waals surface area contributed by atoms with Crippen molar-refractivity contribution >= 4 is 23.6 Å². The van der Waals surface area contributed by atoms with E-state index in [-0.39, 0.29) is 24.1 Å². The van der Waals surface area contributed by atoms with Crippen molar-refractivity contribution in [1.29, 1.82) is 0 Å². The fourth-order valence-corrected chi connectivity index (χ4v) is 2.96. The van der Waals surface area contributed by atoms with Crippen LogP contribution in [-0.2, 0) is 4.79 Å². The maximum Gasteiger partial charge on any atom is 0.323 e. The second-order valence-corrected chi connectivity index (χ2v) is 5.13. The molecule has 1 saturated heterocycles. The molecule has 18 heavy (non-hydrogen) atoms. The monoisotopic (exact) mass is 271 g/mol. The summed E-state index contributed by atoms with van der Waals surface area (Å²) in [5, 5.41) is 8.83. The summed E-state index contributed by atoms with van der Waals surface area (Å²) >= 11 is 1.63. The quantitative estimate of drug-likeness (QED) is 0.702. The Morgan fingerprint density at radius 1 is 1.56 bits per heavy atom. The number of hydrogen-bond acceptors (Lipinski definition) is 4. The Morgan fingerprint density at radius 2 is 2.33 bits per heavy atom. The number of carbonyl (C=O) groups is 2. The second-order valence-electron chi connectivity index (χ2n) is 3.98. The maximum atomic E-state index is 12.1. The highest BCUT2D eigenvalue weighted by Gasteiger charge is 2.30. The summed E-state index contributed by atoms with van der Waals surface area (Å²) in [5.74, 6) is 0.117. The zero-order valence-electron chi connectivity index (χ0n) is 9.51. The molecule has 1 aromatic rings. The van der Waals surface area contributed by atoms with Gasteiger partial charge in [0.25, 0.3) is 5.91 Å². The molecule has 1 amide bonds. The lowest BCUT2D eigenvalue weighted by Gasteiger charge is -2.34. The van der Waals surface area contributed by atoms with Crippen molar-refractivity contribution in [3.8, 4) is 0 Å². The van der Waals surface area contributed by atoms with Gasteiger partial charge in [-0.25, -0.2) is 4.79 Å². The molecule has 1 unspecified atom stereocenters. The maximum absolute atomic E-state index is 12.1. The van der Waals surface area contributed by atoms with E-state index in [1.54, 1.807) is 11.8 Å².